The van der Waals surface area contributed by atoms with Crippen molar-refractivity contribution in [2.75, 3.05) is 18.6 Å². The number of carbonyl (C=O) groups is 1. The van der Waals surface area contributed by atoms with Gasteiger partial charge in [0.25, 0.3) is 5.91 Å². The maximum absolute atomic E-state index is 12.7. The molecule has 0 saturated heterocycles. The Hall–Kier alpha value is -2.36. The number of pyridine rings is 1. The molecule has 0 N–H and O–H groups in total. The van der Waals surface area contributed by atoms with Crippen LogP contribution in [0.15, 0.2) is 36.5 Å². The molecule has 1 aromatic carbocycles. The van der Waals surface area contributed by atoms with Crippen molar-refractivity contribution < 1.29 is 9.53 Å². The monoisotopic (exact) mass is 282 g/mol. The van der Waals surface area contributed by atoms with Crippen LogP contribution in [0.1, 0.15) is 28.0 Å². The Morgan fingerprint density at radius 1 is 1.29 bits per heavy atom. The summed E-state index contributed by atoms with van der Waals surface area (Å²) in [4.78, 5) is 18.7. The van der Waals surface area contributed by atoms with E-state index in [-0.39, 0.29) is 5.91 Å². The summed E-state index contributed by atoms with van der Waals surface area (Å²) in [7, 11) is 1.64. The van der Waals surface area contributed by atoms with Crippen molar-refractivity contribution in [3.05, 3.63) is 53.3 Å². The first-order chi connectivity index (χ1) is 10.2. The van der Waals surface area contributed by atoms with Crippen LogP contribution in [0.25, 0.3) is 0 Å². The van der Waals surface area contributed by atoms with E-state index in [0.717, 1.165) is 24.3 Å². The molecule has 21 heavy (non-hydrogen) atoms. The first kappa shape index (κ1) is 13.6. The minimum atomic E-state index is -0.0690. The van der Waals surface area contributed by atoms with Gasteiger partial charge in [0.05, 0.1) is 12.8 Å². The van der Waals surface area contributed by atoms with Gasteiger partial charge < -0.3 is 9.64 Å². The Morgan fingerprint density at radius 3 is 2.86 bits per heavy atom. The Labute approximate surface area is 124 Å². The van der Waals surface area contributed by atoms with Gasteiger partial charge in [-0.1, -0.05) is 12.1 Å². The van der Waals surface area contributed by atoms with Crippen LogP contribution in [-0.4, -0.2) is 24.5 Å². The van der Waals surface area contributed by atoms with E-state index in [1.54, 1.807) is 24.3 Å². The maximum atomic E-state index is 12.7. The van der Waals surface area contributed by atoms with Gasteiger partial charge in [0.15, 0.2) is 0 Å². The van der Waals surface area contributed by atoms with Crippen LogP contribution in [0.5, 0.6) is 5.75 Å². The first-order valence-electron chi connectivity index (χ1n) is 7.11. The molecule has 2 aromatic rings. The van der Waals surface area contributed by atoms with Gasteiger partial charge in [0, 0.05) is 12.7 Å². The summed E-state index contributed by atoms with van der Waals surface area (Å²) in [5.74, 6) is 0.681. The highest BCUT2D eigenvalue weighted by Crippen LogP contribution is 2.38. The summed E-state index contributed by atoms with van der Waals surface area (Å²) < 4.78 is 5.47. The molecule has 0 atom stereocenters. The minimum Gasteiger partial charge on any atom is -0.495 e. The van der Waals surface area contributed by atoms with Gasteiger partial charge in [0.1, 0.15) is 11.4 Å². The zero-order valence-corrected chi connectivity index (χ0v) is 12.3. The van der Waals surface area contributed by atoms with Crippen molar-refractivity contribution in [3.63, 3.8) is 0 Å². The second-order valence-corrected chi connectivity index (χ2v) is 5.19. The van der Waals surface area contributed by atoms with E-state index in [4.69, 9.17) is 4.74 Å². The van der Waals surface area contributed by atoms with Crippen molar-refractivity contribution in [2.24, 2.45) is 0 Å². The van der Waals surface area contributed by atoms with Crippen molar-refractivity contribution >= 4 is 11.6 Å². The molecule has 1 aliphatic heterocycles. The lowest BCUT2D eigenvalue weighted by molar-refractivity contribution is 0.0979. The van der Waals surface area contributed by atoms with Crippen LogP contribution >= 0.6 is 0 Å². The molecular formula is C17H18N2O2. The molecule has 108 valence electrons. The molecule has 3 rings (SSSR count). The van der Waals surface area contributed by atoms with Gasteiger partial charge in [-0.3, -0.25) is 9.78 Å². The summed E-state index contributed by atoms with van der Waals surface area (Å²) in [5.41, 5.74) is 3.77. The fraction of sp³-hybridized carbons (Fsp3) is 0.294. The van der Waals surface area contributed by atoms with Gasteiger partial charge in [-0.15, -0.1) is 0 Å². The fourth-order valence-corrected chi connectivity index (χ4v) is 2.85. The van der Waals surface area contributed by atoms with Crippen molar-refractivity contribution in [3.8, 4) is 5.75 Å². The van der Waals surface area contributed by atoms with E-state index in [1.165, 1.54) is 11.1 Å². The van der Waals surface area contributed by atoms with Crippen LogP contribution in [0.3, 0.4) is 0 Å². The van der Waals surface area contributed by atoms with E-state index in [0.29, 0.717) is 12.2 Å². The third-order valence-corrected chi connectivity index (χ3v) is 3.91. The van der Waals surface area contributed by atoms with Crippen LogP contribution < -0.4 is 9.64 Å². The minimum absolute atomic E-state index is 0.0690. The zero-order chi connectivity index (χ0) is 14.8. The maximum Gasteiger partial charge on any atom is 0.276 e. The molecule has 0 bridgehead atoms. The van der Waals surface area contributed by atoms with E-state index >= 15 is 0 Å². The number of amides is 1. The number of hydrogen-bond acceptors (Lipinski definition) is 3. The smallest absolute Gasteiger partial charge is 0.276 e. The van der Waals surface area contributed by atoms with Gasteiger partial charge in [-0.25, -0.2) is 0 Å². The Balaban J connectivity index is 2.08. The molecule has 2 heterocycles. The van der Waals surface area contributed by atoms with Gasteiger partial charge >= 0.3 is 0 Å². The molecule has 4 nitrogen and oxygen atoms in total. The Kier molecular flexibility index (Phi) is 3.60. The molecule has 0 aliphatic carbocycles. The van der Waals surface area contributed by atoms with Gasteiger partial charge in [0.2, 0.25) is 0 Å². The number of ether oxygens (including phenoxy) is 1. The van der Waals surface area contributed by atoms with Crippen molar-refractivity contribution in [1.29, 1.82) is 0 Å². The van der Waals surface area contributed by atoms with Crippen LogP contribution in [0, 0.1) is 6.92 Å². The summed E-state index contributed by atoms with van der Waals surface area (Å²) in [6.07, 6.45) is 3.58. The molecule has 0 saturated carbocycles. The normalized spacial score (nSPS) is 13.7. The quantitative estimate of drug-likeness (QED) is 0.850. The summed E-state index contributed by atoms with van der Waals surface area (Å²) in [6, 6.07) is 9.37. The molecule has 0 unspecified atom stereocenters. The predicted molar refractivity (Wildman–Crippen MR) is 82.0 cm³/mol. The lowest BCUT2D eigenvalue weighted by Crippen LogP contribution is -2.36. The number of nitrogens with zero attached hydrogens (tertiary/aromatic N) is 2. The number of fused-ring (bicyclic) bond motifs is 1. The lowest BCUT2D eigenvalue weighted by Gasteiger charge is -2.31. The molecular weight excluding hydrogens is 264 g/mol. The number of methoxy groups -OCH3 is 1. The lowest BCUT2D eigenvalue weighted by atomic mass is 9.96. The third kappa shape index (κ3) is 2.37. The molecule has 0 fully saturated rings. The first-order valence-corrected chi connectivity index (χ1v) is 7.11. The van der Waals surface area contributed by atoms with Gasteiger partial charge in [-0.2, -0.15) is 0 Å². The molecule has 4 heteroatoms. The topological polar surface area (TPSA) is 42.4 Å². The second-order valence-electron chi connectivity index (χ2n) is 5.19. The number of aryl methyl sites for hydroxylation is 1. The highest BCUT2D eigenvalue weighted by Gasteiger charge is 2.28. The predicted octanol–water partition coefficient (Wildman–Crippen LogP) is 2.99. The van der Waals surface area contributed by atoms with Crippen molar-refractivity contribution in [1.82, 2.24) is 4.98 Å². The van der Waals surface area contributed by atoms with Crippen LogP contribution in [0.4, 0.5) is 5.69 Å². The molecule has 0 radical (unpaired) electrons. The van der Waals surface area contributed by atoms with E-state index in [1.807, 2.05) is 24.3 Å². The number of anilines is 1. The third-order valence-electron chi connectivity index (χ3n) is 3.91. The molecule has 1 amide bonds. The number of carbonyl (C=O) groups excluding carboxylic acids is 1. The number of benzene rings is 1. The van der Waals surface area contributed by atoms with E-state index in [2.05, 4.69) is 11.9 Å². The van der Waals surface area contributed by atoms with Crippen LogP contribution in [0.2, 0.25) is 0 Å². The number of hydrogen-bond donors (Lipinski definition) is 0. The highest BCUT2D eigenvalue weighted by molar-refractivity contribution is 6.06. The van der Waals surface area contributed by atoms with Crippen molar-refractivity contribution in [2.45, 2.75) is 19.8 Å². The molecule has 0 spiro atoms. The SMILES string of the molecule is COc1ccc(C)c2c1N(C(=O)c1ccccn1)CCC2. The number of rotatable bonds is 2. The summed E-state index contributed by atoms with van der Waals surface area (Å²) in [6.45, 7) is 2.77. The van der Waals surface area contributed by atoms with E-state index in [9.17, 15) is 4.79 Å². The average Bonchev–Trinajstić information content (AvgIpc) is 2.55. The Bertz CT molecular complexity index is 668. The highest BCUT2D eigenvalue weighted by atomic mass is 16.5. The molecule has 1 aliphatic rings. The summed E-state index contributed by atoms with van der Waals surface area (Å²) in [5, 5.41) is 0. The molecule has 1 aromatic heterocycles. The Morgan fingerprint density at radius 2 is 2.14 bits per heavy atom. The summed E-state index contributed by atoms with van der Waals surface area (Å²) >= 11 is 0. The fourth-order valence-electron chi connectivity index (χ4n) is 2.85. The van der Waals surface area contributed by atoms with Gasteiger partial charge in [-0.05, 0) is 49.1 Å². The average molecular weight is 282 g/mol. The second kappa shape index (κ2) is 5.56. The standard InChI is InChI=1S/C17H18N2O2/c1-12-8-9-15(21-2)16-13(12)6-5-11-19(16)17(20)14-7-3-4-10-18-14/h3-4,7-10H,5-6,11H2,1-2H3. The number of aromatic nitrogens is 1. The van der Waals surface area contributed by atoms with E-state index < -0.39 is 0 Å². The van der Waals surface area contributed by atoms with Crippen LogP contribution in [-0.2, 0) is 6.42 Å². The zero-order valence-electron chi connectivity index (χ0n) is 12.3. The largest absolute Gasteiger partial charge is 0.495 e.